The Morgan fingerprint density at radius 3 is 2.33 bits per heavy atom. The van der Waals surface area contributed by atoms with E-state index in [9.17, 15) is 22.0 Å². The number of hydrogen-bond acceptors (Lipinski definition) is 4. The van der Waals surface area contributed by atoms with Crippen LogP contribution in [0.4, 0.5) is 22.0 Å². The van der Waals surface area contributed by atoms with E-state index in [0.29, 0.717) is 11.1 Å². The van der Waals surface area contributed by atoms with Crippen molar-refractivity contribution in [1.82, 2.24) is 14.6 Å². The Bertz CT molecular complexity index is 969. The van der Waals surface area contributed by atoms with Gasteiger partial charge in [0, 0.05) is 13.3 Å². The maximum Gasteiger partial charge on any atom is 0.573 e. The molecule has 0 saturated carbocycles. The molecule has 0 atom stereocenters. The summed E-state index contributed by atoms with van der Waals surface area (Å²) in [6, 6.07) is 7.16. The maximum absolute atomic E-state index is 14.2. The molecular weight excluding hydrogens is 373 g/mol. The minimum Gasteiger partial charge on any atom is -0.406 e. The normalized spacial score (nSPS) is 12.6. The van der Waals surface area contributed by atoms with Crippen molar-refractivity contribution in [2.24, 2.45) is 0 Å². The molecule has 144 valence electrons. The summed E-state index contributed by atoms with van der Waals surface area (Å²) < 4.78 is 75.0. The first-order valence-electron chi connectivity index (χ1n) is 7.69. The standard InChI is InChI=1S/C17H14F5N3O2/c1-10-7-11(3-5-13(10)27-17(20,21)22)12-4-6-14-23-24-15(25(14)8-12)16(18,19)9-26-2/h3-8H,9H2,1-2H3. The SMILES string of the molecule is COCC(F)(F)c1nnc2ccc(-c3ccc(OC(F)(F)F)c(C)c3)cn12. The van der Waals surface area contributed by atoms with Crippen LogP contribution >= 0.6 is 0 Å². The molecule has 0 N–H and O–H groups in total. The second-order valence-electron chi connectivity index (χ2n) is 5.84. The third-order valence-electron chi connectivity index (χ3n) is 3.79. The van der Waals surface area contributed by atoms with Crippen molar-refractivity contribution >= 4 is 5.65 Å². The number of halogens is 5. The molecule has 0 bridgehead atoms. The predicted octanol–water partition coefficient (Wildman–Crippen LogP) is 4.34. The molecule has 27 heavy (non-hydrogen) atoms. The number of aromatic nitrogens is 3. The van der Waals surface area contributed by atoms with Crippen LogP contribution in [0, 0.1) is 6.92 Å². The van der Waals surface area contributed by atoms with Crippen LogP contribution in [0.25, 0.3) is 16.8 Å². The van der Waals surface area contributed by atoms with Gasteiger partial charge in [0.1, 0.15) is 12.4 Å². The summed E-state index contributed by atoms with van der Waals surface area (Å²) in [6.45, 7) is 0.598. The number of benzene rings is 1. The smallest absolute Gasteiger partial charge is 0.406 e. The second kappa shape index (κ2) is 6.76. The fourth-order valence-electron chi connectivity index (χ4n) is 2.62. The fraction of sp³-hybridized carbons (Fsp3) is 0.294. The van der Waals surface area contributed by atoms with Gasteiger partial charge in [-0.15, -0.1) is 23.4 Å². The van der Waals surface area contributed by atoms with Gasteiger partial charge in [0.2, 0.25) is 5.82 Å². The van der Waals surface area contributed by atoms with E-state index in [1.165, 1.54) is 37.4 Å². The van der Waals surface area contributed by atoms with Gasteiger partial charge in [0.15, 0.2) is 5.65 Å². The molecule has 0 aliphatic carbocycles. The van der Waals surface area contributed by atoms with Gasteiger partial charge >= 0.3 is 12.3 Å². The molecule has 1 aromatic carbocycles. The molecule has 5 nitrogen and oxygen atoms in total. The highest BCUT2D eigenvalue weighted by Crippen LogP contribution is 2.32. The minimum atomic E-state index is -4.80. The van der Waals surface area contributed by atoms with Crippen molar-refractivity contribution in [2.75, 3.05) is 13.7 Å². The summed E-state index contributed by atoms with van der Waals surface area (Å²) in [5.41, 5.74) is 1.48. The van der Waals surface area contributed by atoms with Gasteiger partial charge in [0.25, 0.3) is 0 Å². The first-order valence-corrected chi connectivity index (χ1v) is 7.69. The first-order chi connectivity index (χ1) is 12.6. The quantitative estimate of drug-likeness (QED) is 0.611. The van der Waals surface area contributed by atoms with Crippen molar-refractivity contribution < 1.29 is 31.4 Å². The topological polar surface area (TPSA) is 48.7 Å². The van der Waals surface area contributed by atoms with Gasteiger partial charge in [0.05, 0.1) is 0 Å². The Labute approximate surface area is 150 Å². The van der Waals surface area contributed by atoms with Crippen molar-refractivity contribution in [3.05, 3.63) is 47.9 Å². The van der Waals surface area contributed by atoms with Gasteiger partial charge in [-0.1, -0.05) is 6.07 Å². The highest BCUT2D eigenvalue weighted by Gasteiger charge is 2.37. The summed E-state index contributed by atoms with van der Waals surface area (Å²) in [5.74, 6) is -4.27. The van der Waals surface area contributed by atoms with E-state index in [2.05, 4.69) is 19.7 Å². The Morgan fingerprint density at radius 2 is 1.70 bits per heavy atom. The molecule has 3 aromatic rings. The average molecular weight is 387 g/mol. The molecule has 10 heteroatoms. The lowest BCUT2D eigenvalue weighted by Gasteiger charge is -2.14. The Morgan fingerprint density at radius 1 is 1.00 bits per heavy atom. The Kier molecular flexibility index (Phi) is 4.77. The van der Waals surface area contributed by atoms with E-state index in [-0.39, 0.29) is 17.0 Å². The highest BCUT2D eigenvalue weighted by molar-refractivity contribution is 5.66. The minimum absolute atomic E-state index is 0.207. The number of pyridine rings is 1. The van der Waals surface area contributed by atoms with E-state index >= 15 is 0 Å². The van der Waals surface area contributed by atoms with E-state index in [4.69, 9.17) is 0 Å². The average Bonchev–Trinajstić information content (AvgIpc) is 2.99. The molecule has 0 aliphatic heterocycles. The van der Waals surface area contributed by atoms with E-state index in [1.54, 1.807) is 6.07 Å². The lowest BCUT2D eigenvalue weighted by Crippen LogP contribution is -2.23. The molecule has 3 rings (SSSR count). The zero-order valence-electron chi connectivity index (χ0n) is 14.2. The third kappa shape index (κ3) is 4.00. The molecule has 2 aromatic heterocycles. The summed E-state index contributed by atoms with van der Waals surface area (Å²) in [5, 5.41) is 7.24. The number of aryl methyl sites for hydroxylation is 1. The summed E-state index contributed by atoms with van der Waals surface area (Å²) in [6.07, 6.45) is -3.40. The van der Waals surface area contributed by atoms with Gasteiger partial charge in [-0.05, 0) is 47.9 Å². The molecular formula is C17H14F5N3O2. The van der Waals surface area contributed by atoms with Crippen molar-refractivity contribution in [2.45, 2.75) is 19.2 Å². The van der Waals surface area contributed by atoms with Crippen LogP contribution in [-0.2, 0) is 10.7 Å². The van der Waals surface area contributed by atoms with E-state index in [1.807, 2.05) is 0 Å². The summed E-state index contributed by atoms with van der Waals surface area (Å²) in [4.78, 5) is 0. The Balaban J connectivity index is 2.01. The lowest BCUT2D eigenvalue weighted by atomic mass is 10.0. The van der Waals surface area contributed by atoms with Crippen LogP contribution in [0.2, 0.25) is 0 Å². The zero-order chi connectivity index (χ0) is 19.8. The van der Waals surface area contributed by atoms with Crippen LogP contribution in [0.15, 0.2) is 36.5 Å². The molecule has 0 aliphatic rings. The van der Waals surface area contributed by atoms with Gasteiger partial charge < -0.3 is 9.47 Å². The first kappa shape index (κ1) is 19.0. The number of rotatable bonds is 5. The maximum atomic E-state index is 14.2. The van der Waals surface area contributed by atoms with Crippen LogP contribution < -0.4 is 4.74 Å². The number of fused-ring (bicyclic) bond motifs is 1. The summed E-state index contributed by atoms with van der Waals surface area (Å²) >= 11 is 0. The Hall–Kier alpha value is -2.75. The van der Waals surface area contributed by atoms with Gasteiger partial charge in [-0.25, -0.2) is 0 Å². The third-order valence-corrected chi connectivity index (χ3v) is 3.79. The molecule has 0 spiro atoms. The largest absolute Gasteiger partial charge is 0.573 e. The van der Waals surface area contributed by atoms with Crippen molar-refractivity contribution in [1.29, 1.82) is 0 Å². The molecule has 0 radical (unpaired) electrons. The van der Waals surface area contributed by atoms with Crippen molar-refractivity contribution in [3.8, 4) is 16.9 Å². The molecule has 0 unspecified atom stereocenters. The van der Waals surface area contributed by atoms with Crippen LogP contribution in [-0.4, -0.2) is 34.7 Å². The molecule has 0 amide bonds. The number of methoxy groups -OCH3 is 1. The predicted molar refractivity (Wildman–Crippen MR) is 85.6 cm³/mol. The number of nitrogens with zero attached hydrogens (tertiary/aromatic N) is 3. The van der Waals surface area contributed by atoms with E-state index in [0.717, 1.165) is 11.5 Å². The van der Waals surface area contributed by atoms with Crippen molar-refractivity contribution in [3.63, 3.8) is 0 Å². The number of hydrogen-bond donors (Lipinski definition) is 0. The zero-order valence-corrected chi connectivity index (χ0v) is 14.2. The monoisotopic (exact) mass is 387 g/mol. The number of ether oxygens (including phenoxy) is 2. The second-order valence-corrected chi connectivity index (χ2v) is 5.84. The highest BCUT2D eigenvalue weighted by atomic mass is 19.4. The van der Waals surface area contributed by atoms with Gasteiger partial charge in [-0.3, -0.25) is 4.40 Å². The molecule has 0 saturated heterocycles. The number of alkyl halides is 5. The van der Waals surface area contributed by atoms with Gasteiger partial charge in [-0.2, -0.15) is 8.78 Å². The lowest BCUT2D eigenvalue weighted by molar-refractivity contribution is -0.274. The van der Waals surface area contributed by atoms with Crippen LogP contribution in [0.3, 0.4) is 0 Å². The summed E-state index contributed by atoms with van der Waals surface area (Å²) in [7, 11) is 1.15. The van der Waals surface area contributed by atoms with Crippen LogP contribution in [0.5, 0.6) is 5.75 Å². The fourth-order valence-corrected chi connectivity index (χ4v) is 2.62. The van der Waals surface area contributed by atoms with E-state index < -0.39 is 24.7 Å². The molecule has 0 fully saturated rings. The van der Waals surface area contributed by atoms with Crippen LogP contribution in [0.1, 0.15) is 11.4 Å². The molecule has 2 heterocycles.